The SMILES string of the molecule is CN[C@@](C)(CO[C@H]1[C@H](n2cncn2)CC23COC[C@@]1(C)[C@@H]2CC[C@H]1C3=CC[C@@]2(C)[C@H](C(=O)O)[C@@](C)([C@H](C)C(C)C)CC[C@]12C)C(C)C. The van der Waals surface area contributed by atoms with Crippen LogP contribution < -0.4 is 5.32 Å². The van der Waals surface area contributed by atoms with Crippen LogP contribution in [-0.2, 0) is 14.3 Å². The standard InChI is InChI=1S/C39H64N4O4/c1-24(2)26(5)34(6)16-17-36(8)27-12-13-30-35(7)19-46-21-39(30,28(27)14-15-37(36,9)31(34)33(44)45)18-29(43-23-41-22-42-43)32(35)47-20-38(10,40-11)25(3)4/h14,22-27,29-32,40H,12-13,15-21H2,1-11H3,(H,44,45)/t26-,27+,29-,30+,31-,32+,34-,35+,36-,37+,38+,39?/m1/s1. The van der Waals surface area contributed by atoms with E-state index in [1.165, 1.54) is 0 Å². The van der Waals surface area contributed by atoms with Crippen molar-refractivity contribution in [1.29, 1.82) is 0 Å². The highest BCUT2D eigenvalue weighted by Gasteiger charge is 2.72. The van der Waals surface area contributed by atoms with Crippen LogP contribution in [0.3, 0.4) is 0 Å². The fraction of sp³-hybridized carbons (Fsp3) is 0.872. The summed E-state index contributed by atoms with van der Waals surface area (Å²) in [5, 5.41) is 19.3. The van der Waals surface area contributed by atoms with E-state index in [1.807, 2.05) is 13.4 Å². The van der Waals surface area contributed by atoms with Crippen molar-refractivity contribution in [2.24, 2.45) is 62.6 Å². The number of nitrogens with one attached hydrogen (secondary N) is 1. The van der Waals surface area contributed by atoms with E-state index in [1.54, 1.807) is 11.9 Å². The average Bonchev–Trinajstić information content (AvgIpc) is 3.55. The van der Waals surface area contributed by atoms with Crippen molar-refractivity contribution in [2.45, 2.75) is 125 Å². The van der Waals surface area contributed by atoms with Gasteiger partial charge in [-0.15, -0.1) is 0 Å². The van der Waals surface area contributed by atoms with Gasteiger partial charge in [0.1, 0.15) is 12.7 Å². The molecule has 1 aromatic heterocycles. The molecule has 12 atom stereocenters. The van der Waals surface area contributed by atoms with E-state index < -0.39 is 5.97 Å². The Morgan fingerprint density at radius 1 is 1.13 bits per heavy atom. The highest BCUT2D eigenvalue weighted by atomic mass is 16.5. The molecule has 8 nitrogen and oxygen atoms in total. The van der Waals surface area contributed by atoms with Gasteiger partial charge in [0.05, 0.1) is 37.9 Å². The van der Waals surface area contributed by atoms with E-state index >= 15 is 0 Å². The molecule has 1 aromatic rings. The molecule has 5 aliphatic rings. The largest absolute Gasteiger partial charge is 0.481 e. The highest BCUT2D eigenvalue weighted by Crippen LogP contribution is 2.75. The monoisotopic (exact) mass is 652 g/mol. The number of ether oxygens (including phenoxy) is 2. The number of aliphatic carboxylic acids is 1. The van der Waals surface area contributed by atoms with E-state index in [9.17, 15) is 9.90 Å². The van der Waals surface area contributed by atoms with E-state index in [0.29, 0.717) is 49.4 Å². The lowest BCUT2D eigenvalue weighted by Crippen LogP contribution is -2.69. The zero-order chi connectivity index (χ0) is 34.4. The van der Waals surface area contributed by atoms with Gasteiger partial charge in [-0.25, -0.2) is 9.67 Å². The lowest BCUT2D eigenvalue weighted by atomic mass is 9.34. The summed E-state index contributed by atoms with van der Waals surface area (Å²) in [5.41, 5.74) is 0.387. The molecule has 2 heterocycles. The smallest absolute Gasteiger partial charge is 0.307 e. The molecule has 1 aliphatic heterocycles. The minimum atomic E-state index is -0.607. The van der Waals surface area contributed by atoms with Crippen LogP contribution in [0.15, 0.2) is 24.3 Å². The van der Waals surface area contributed by atoms with E-state index in [2.05, 4.69) is 90.3 Å². The molecule has 0 spiro atoms. The number of hydrogen-bond acceptors (Lipinski definition) is 6. The lowest BCUT2D eigenvalue weighted by Gasteiger charge is -2.71. The predicted octanol–water partition coefficient (Wildman–Crippen LogP) is 7.43. The van der Waals surface area contributed by atoms with Crippen LogP contribution in [0.2, 0.25) is 0 Å². The third-order valence-corrected chi connectivity index (χ3v) is 16.3. The van der Waals surface area contributed by atoms with Gasteiger partial charge in [-0.05, 0) is 98.3 Å². The summed E-state index contributed by atoms with van der Waals surface area (Å²) in [6, 6.07) is 0.0324. The first-order chi connectivity index (χ1) is 21.9. The molecule has 8 heteroatoms. The second-order valence-electron chi connectivity index (χ2n) is 18.5. The molecule has 0 radical (unpaired) electrons. The molecule has 6 rings (SSSR count). The van der Waals surface area contributed by atoms with Gasteiger partial charge in [0.15, 0.2) is 0 Å². The minimum absolute atomic E-state index is 0.0324. The van der Waals surface area contributed by atoms with Gasteiger partial charge in [0, 0.05) is 16.4 Å². The van der Waals surface area contributed by atoms with Crippen molar-refractivity contribution in [3.8, 4) is 0 Å². The van der Waals surface area contributed by atoms with Crippen LogP contribution in [0, 0.1) is 62.6 Å². The number of nitrogens with zero attached hydrogens (tertiary/aromatic N) is 3. The molecule has 2 bridgehead atoms. The Balaban J connectivity index is 1.43. The summed E-state index contributed by atoms with van der Waals surface area (Å²) in [5.74, 6) is 0.945. The van der Waals surface area contributed by atoms with Gasteiger partial charge in [-0.2, -0.15) is 5.10 Å². The maximum absolute atomic E-state index is 13.4. The quantitative estimate of drug-likeness (QED) is 0.268. The molecule has 0 amide bonds. The van der Waals surface area contributed by atoms with Crippen LogP contribution in [0.25, 0.3) is 0 Å². The second-order valence-corrected chi connectivity index (χ2v) is 18.5. The number of likely N-dealkylation sites (N-methyl/N-ethyl adjacent to an activating group) is 1. The molecule has 264 valence electrons. The first kappa shape index (κ1) is 35.1. The van der Waals surface area contributed by atoms with Gasteiger partial charge in [0.2, 0.25) is 0 Å². The van der Waals surface area contributed by atoms with E-state index in [0.717, 1.165) is 38.5 Å². The highest BCUT2D eigenvalue weighted by molar-refractivity contribution is 5.73. The van der Waals surface area contributed by atoms with Crippen molar-refractivity contribution in [3.05, 3.63) is 24.3 Å². The zero-order valence-corrected chi connectivity index (χ0v) is 31.2. The maximum atomic E-state index is 13.4. The number of rotatable bonds is 9. The molecule has 2 N–H and O–H groups in total. The van der Waals surface area contributed by atoms with Gasteiger partial charge < -0.3 is 19.9 Å². The fourth-order valence-electron chi connectivity index (χ4n) is 12.3. The minimum Gasteiger partial charge on any atom is -0.481 e. The Morgan fingerprint density at radius 3 is 2.45 bits per heavy atom. The fourth-order valence-corrected chi connectivity index (χ4v) is 12.3. The van der Waals surface area contributed by atoms with Crippen molar-refractivity contribution in [2.75, 3.05) is 26.9 Å². The number of allylic oxidation sites excluding steroid dienone is 1. The van der Waals surface area contributed by atoms with E-state index in [-0.39, 0.29) is 50.7 Å². The number of hydrogen-bond donors (Lipinski definition) is 2. The van der Waals surface area contributed by atoms with Gasteiger partial charge in [-0.3, -0.25) is 4.79 Å². The average molecular weight is 653 g/mol. The number of fused-ring (bicyclic) bond motifs is 3. The summed E-state index contributed by atoms with van der Waals surface area (Å²) < 4.78 is 15.9. The molecular weight excluding hydrogens is 588 g/mol. The Hall–Kier alpha value is -1.77. The molecule has 4 fully saturated rings. The van der Waals surface area contributed by atoms with E-state index in [4.69, 9.17) is 14.6 Å². The normalized spacial score (nSPS) is 45.0. The Labute approximate surface area is 284 Å². The van der Waals surface area contributed by atoms with Crippen LogP contribution in [0.5, 0.6) is 0 Å². The number of carbonyl (C=O) groups is 1. The number of aromatic nitrogens is 3. The lowest BCUT2D eigenvalue weighted by molar-refractivity contribution is -0.253. The van der Waals surface area contributed by atoms with Gasteiger partial charge in [0.25, 0.3) is 0 Å². The van der Waals surface area contributed by atoms with Crippen LogP contribution in [-0.4, -0.2) is 64.4 Å². The maximum Gasteiger partial charge on any atom is 0.307 e. The van der Waals surface area contributed by atoms with Crippen molar-refractivity contribution in [1.82, 2.24) is 20.1 Å². The summed E-state index contributed by atoms with van der Waals surface area (Å²) >= 11 is 0. The molecule has 4 aliphatic carbocycles. The molecule has 3 saturated carbocycles. The van der Waals surface area contributed by atoms with Crippen LogP contribution in [0.1, 0.15) is 114 Å². The van der Waals surface area contributed by atoms with Crippen LogP contribution >= 0.6 is 0 Å². The van der Waals surface area contributed by atoms with Gasteiger partial charge in [-0.1, -0.05) is 74.0 Å². The number of carboxylic acids is 1. The van der Waals surface area contributed by atoms with Crippen molar-refractivity contribution in [3.63, 3.8) is 0 Å². The second kappa shape index (κ2) is 11.7. The predicted molar refractivity (Wildman–Crippen MR) is 185 cm³/mol. The molecule has 1 unspecified atom stereocenters. The Bertz CT molecular complexity index is 1360. The third kappa shape index (κ3) is 4.80. The first-order valence-electron chi connectivity index (χ1n) is 18.6. The first-order valence-corrected chi connectivity index (χ1v) is 18.6. The Kier molecular flexibility index (Phi) is 8.69. The third-order valence-electron chi connectivity index (χ3n) is 16.3. The molecule has 47 heavy (non-hydrogen) atoms. The zero-order valence-electron chi connectivity index (χ0n) is 31.2. The van der Waals surface area contributed by atoms with Crippen molar-refractivity contribution < 1.29 is 19.4 Å². The topological polar surface area (TPSA) is 98.5 Å². The molecule has 0 aromatic carbocycles. The Morgan fingerprint density at radius 2 is 1.85 bits per heavy atom. The molecular formula is C39H64N4O4. The summed E-state index contributed by atoms with van der Waals surface area (Å²) in [6.45, 7) is 25.1. The van der Waals surface area contributed by atoms with Crippen LogP contribution in [0.4, 0.5) is 0 Å². The van der Waals surface area contributed by atoms with Crippen molar-refractivity contribution >= 4 is 5.97 Å². The number of carboxylic acid groups (broad SMARTS) is 1. The van der Waals surface area contributed by atoms with Gasteiger partial charge >= 0.3 is 5.97 Å². The summed E-state index contributed by atoms with van der Waals surface area (Å²) in [7, 11) is 2.03. The molecule has 1 saturated heterocycles. The summed E-state index contributed by atoms with van der Waals surface area (Å²) in [4.78, 5) is 17.8. The summed E-state index contributed by atoms with van der Waals surface area (Å²) in [6.07, 6.45) is 11.9.